The largest absolute Gasteiger partial charge is 0.352 e. The van der Waals surface area contributed by atoms with Gasteiger partial charge in [0.2, 0.25) is 5.91 Å². The number of amides is 3. The van der Waals surface area contributed by atoms with Crippen LogP contribution < -0.4 is 5.32 Å². The molecule has 0 fully saturated rings. The summed E-state index contributed by atoms with van der Waals surface area (Å²) in [4.78, 5) is 37.1. The SMILES string of the molecule is CC(C)C(C)NC(=O)CN1C(=O)c2ccccc2C1=O. The number of nitrogens with zero attached hydrogens (tertiary/aromatic N) is 1. The highest BCUT2D eigenvalue weighted by Gasteiger charge is 2.36. The van der Waals surface area contributed by atoms with Crippen LogP contribution in [0.1, 0.15) is 41.5 Å². The highest BCUT2D eigenvalue weighted by atomic mass is 16.2. The van der Waals surface area contributed by atoms with Gasteiger partial charge in [-0.2, -0.15) is 0 Å². The zero-order chi connectivity index (χ0) is 14.9. The molecule has 0 radical (unpaired) electrons. The second-order valence-electron chi connectivity index (χ2n) is 5.34. The summed E-state index contributed by atoms with van der Waals surface area (Å²) in [7, 11) is 0. The Balaban J connectivity index is 2.07. The van der Waals surface area contributed by atoms with E-state index in [1.54, 1.807) is 24.3 Å². The van der Waals surface area contributed by atoms with Crippen LogP contribution in [0, 0.1) is 5.92 Å². The van der Waals surface area contributed by atoms with Crippen molar-refractivity contribution in [3.63, 3.8) is 0 Å². The summed E-state index contributed by atoms with van der Waals surface area (Å²) in [5, 5.41) is 2.79. The van der Waals surface area contributed by atoms with Crippen molar-refractivity contribution < 1.29 is 14.4 Å². The van der Waals surface area contributed by atoms with Crippen molar-refractivity contribution in [3.8, 4) is 0 Å². The van der Waals surface area contributed by atoms with Gasteiger partial charge in [-0.25, -0.2) is 0 Å². The first kappa shape index (κ1) is 14.2. The first-order chi connectivity index (χ1) is 9.41. The second kappa shape index (κ2) is 5.45. The fraction of sp³-hybridized carbons (Fsp3) is 0.400. The molecular weight excluding hydrogens is 256 g/mol. The Morgan fingerprint density at radius 3 is 2.05 bits per heavy atom. The van der Waals surface area contributed by atoms with E-state index >= 15 is 0 Å². The predicted molar refractivity (Wildman–Crippen MR) is 74.3 cm³/mol. The molecule has 1 atom stereocenters. The third-order valence-electron chi connectivity index (χ3n) is 3.57. The maximum absolute atomic E-state index is 12.1. The van der Waals surface area contributed by atoms with Crippen LogP contribution in [-0.2, 0) is 4.79 Å². The highest BCUT2D eigenvalue weighted by Crippen LogP contribution is 2.21. The standard InChI is InChI=1S/C15H18N2O3/c1-9(2)10(3)16-13(18)8-17-14(19)11-6-4-5-7-12(11)15(17)20/h4-7,9-10H,8H2,1-3H3,(H,16,18). The van der Waals surface area contributed by atoms with E-state index in [0.717, 1.165) is 4.90 Å². The summed E-state index contributed by atoms with van der Waals surface area (Å²) < 4.78 is 0. The van der Waals surface area contributed by atoms with Crippen LogP contribution >= 0.6 is 0 Å². The van der Waals surface area contributed by atoms with Crippen LogP contribution in [0.25, 0.3) is 0 Å². The van der Waals surface area contributed by atoms with Crippen molar-refractivity contribution in [1.29, 1.82) is 0 Å². The van der Waals surface area contributed by atoms with Gasteiger partial charge in [-0.15, -0.1) is 0 Å². The van der Waals surface area contributed by atoms with Crippen LogP contribution in [0.5, 0.6) is 0 Å². The van der Waals surface area contributed by atoms with Gasteiger partial charge in [0.1, 0.15) is 6.54 Å². The number of imide groups is 1. The number of carbonyl (C=O) groups is 3. The van der Waals surface area contributed by atoms with E-state index in [9.17, 15) is 14.4 Å². The number of rotatable bonds is 4. The Labute approximate surface area is 118 Å². The van der Waals surface area contributed by atoms with Crippen molar-refractivity contribution in [2.24, 2.45) is 5.92 Å². The summed E-state index contributed by atoms with van der Waals surface area (Å²) in [5.41, 5.74) is 0.726. The minimum atomic E-state index is -0.405. The molecule has 0 aliphatic carbocycles. The fourth-order valence-electron chi connectivity index (χ4n) is 1.99. The topological polar surface area (TPSA) is 66.5 Å². The van der Waals surface area contributed by atoms with E-state index in [1.165, 1.54) is 0 Å². The summed E-state index contributed by atoms with van der Waals surface area (Å²) in [5.74, 6) is -0.835. The number of nitrogens with one attached hydrogen (secondary N) is 1. The number of fused-ring (bicyclic) bond motifs is 1. The lowest BCUT2D eigenvalue weighted by Crippen LogP contribution is -2.44. The van der Waals surface area contributed by atoms with E-state index in [-0.39, 0.29) is 18.5 Å². The molecule has 2 rings (SSSR count). The van der Waals surface area contributed by atoms with Gasteiger partial charge in [-0.1, -0.05) is 26.0 Å². The summed E-state index contributed by atoms with van der Waals surface area (Å²) >= 11 is 0. The van der Waals surface area contributed by atoms with Crippen LogP contribution in [0.2, 0.25) is 0 Å². The molecule has 1 heterocycles. The van der Waals surface area contributed by atoms with Gasteiger partial charge in [0.05, 0.1) is 11.1 Å². The van der Waals surface area contributed by atoms with Gasteiger partial charge < -0.3 is 5.32 Å². The first-order valence-electron chi connectivity index (χ1n) is 6.66. The van der Waals surface area contributed by atoms with E-state index < -0.39 is 11.8 Å². The zero-order valence-corrected chi connectivity index (χ0v) is 11.8. The fourth-order valence-corrected chi connectivity index (χ4v) is 1.99. The lowest BCUT2D eigenvalue weighted by molar-refractivity contribution is -0.122. The third kappa shape index (κ3) is 2.57. The zero-order valence-electron chi connectivity index (χ0n) is 11.8. The van der Waals surface area contributed by atoms with Crippen molar-refractivity contribution in [2.75, 3.05) is 6.54 Å². The van der Waals surface area contributed by atoms with Gasteiger partial charge >= 0.3 is 0 Å². The molecule has 1 aromatic carbocycles. The lowest BCUT2D eigenvalue weighted by Gasteiger charge is -2.19. The molecule has 0 saturated heterocycles. The monoisotopic (exact) mass is 274 g/mol. The molecule has 3 amide bonds. The van der Waals surface area contributed by atoms with Crippen molar-refractivity contribution >= 4 is 17.7 Å². The molecule has 0 aromatic heterocycles. The normalized spacial score (nSPS) is 15.5. The van der Waals surface area contributed by atoms with Crippen LogP contribution in [0.3, 0.4) is 0 Å². The average molecular weight is 274 g/mol. The van der Waals surface area contributed by atoms with E-state index in [0.29, 0.717) is 17.0 Å². The summed E-state index contributed by atoms with van der Waals surface area (Å²) in [6.45, 7) is 5.65. The van der Waals surface area contributed by atoms with Gasteiger partial charge in [0, 0.05) is 6.04 Å². The molecule has 106 valence electrons. The molecule has 0 bridgehead atoms. The average Bonchev–Trinajstić information content (AvgIpc) is 2.64. The van der Waals surface area contributed by atoms with Crippen molar-refractivity contribution in [1.82, 2.24) is 10.2 Å². The van der Waals surface area contributed by atoms with Gasteiger partial charge in [0.15, 0.2) is 0 Å². The van der Waals surface area contributed by atoms with E-state index in [1.807, 2.05) is 20.8 Å². The molecule has 20 heavy (non-hydrogen) atoms. The Hall–Kier alpha value is -2.17. The molecule has 5 heteroatoms. The van der Waals surface area contributed by atoms with Crippen LogP contribution in [0.15, 0.2) is 24.3 Å². The quantitative estimate of drug-likeness (QED) is 0.845. The maximum atomic E-state index is 12.1. The molecule has 1 N–H and O–H groups in total. The first-order valence-corrected chi connectivity index (χ1v) is 6.66. The number of carbonyl (C=O) groups excluding carboxylic acids is 3. The Morgan fingerprint density at radius 1 is 1.10 bits per heavy atom. The molecule has 0 spiro atoms. The van der Waals surface area contributed by atoms with Gasteiger partial charge in [0.25, 0.3) is 11.8 Å². The molecule has 0 saturated carbocycles. The minimum absolute atomic E-state index is 0.00215. The van der Waals surface area contributed by atoms with Crippen molar-refractivity contribution in [2.45, 2.75) is 26.8 Å². The molecule has 1 aromatic rings. The Kier molecular flexibility index (Phi) is 3.88. The van der Waals surface area contributed by atoms with Gasteiger partial charge in [-0.3, -0.25) is 19.3 Å². The van der Waals surface area contributed by atoms with Crippen LogP contribution in [-0.4, -0.2) is 35.2 Å². The lowest BCUT2D eigenvalue weighted by atomic mass is 10.1. The maximum Gasteiger partial charge on any atom is 0.262 e. The van der Waals surface area contributed by atoms with Crippen molar-refractivity contribution in [3.05, 3.63) is 35.4 Å². The Bertz CT molecular complexity index is 531. The number of hydrogen-bond acceptors (Lipinski definition) is 3. The van der Waals surface area contributed by atoms with Crippen LogP contribution in [0.4, 0.5) is 0 Å². The Morgan fingerprint density at radius 2 is 1.60 bits per heavy atom. The number of benzene rings is 1. The molecule has 1 unspecified atom stereocenters. The molecular formula is C15H18N2O3. The molecule has 5 nitrogen and oxygen atoms in total. The minimum Gasteiger partial charge on any atom is -0.352 e. The third-order valence-corrected chi connectivity index (χ3v) is 3.57. The molecule has 1 aliphatic rings. The second-order valence-corrected chi connectivity index (χ2v) is 5.34. The summed E-state index contributed by atoms with van der Waals surface area (Å²) in [6, 6.07) is 6.61. The smallest absolute Gasteiger partial charge is 0.262 e. The predicted octanol–water partition coefficient (Wildman–Crippen LogP) is 1.44. The summed E-state index contributed by atoms with van der Waals surface area (Å²) in [6.07, 6.45) is 0. The van der Waals surface area contributed by atoms with E-state index in [4.69, 9.17) is 0 Å². The molecule has 1 aliphatic heterocycles. The van der Waals surface area contributed by atoms with Gasteiger partial charge in [-0.05, 0) is 25.0 Å². The van der Waals surface area contributed by atoms with E-state index in [2.05, 4.69) is 5.32 Å². The highest BCUT2D eigenvalue weighted by molar-refractivity contribution is 6.22. The number of hydrogen-bond donors (Lipinski definition) is 1.